The predicted octanol–water partition coefficient (Wildman–Crippen LogP) is 1.06. The summed E-state index contributed by atoms with van der Waals surface area (Å²) in [5.41, 5.74) is 0.873. The number of ether oxygens (including phenoxy) is 1. The van der Waals surface area contributed by atoms with E-state index in [0.29, 0.717) is 36.6 Å². The molecule has 1 N–H and O–H groups in total. The smallest absolute Gasteiger partial charge is 0.259 e. The Morgan fingerprint density at radius 2 is 2.17 bits per heavy atom. The van der Waals surface area contributed by atoms with Crippen molar-refractivity contribution < 1.29 is 14.3 Å². The Labute approximate surface area is 132 Å². The second kappa shape index (κ2) is 5.42. The Morgan fingerprint density at radius 3 is 3.09 bits per heavy atom. The molecule has 0 unspecified atom stereocenters. The van der Waals surface area contributed by atoms with Crippen LogP contribution in [0, 0.1) is 0 Å². The summed E-state index contributed by atoms with van der Waals surface area (Å²) in [5.74, 6) is 0.958. The van der Waals surface area contributed by atoms with E-state index < -0.39 is 0 Å². The number of rotatable bonds is 1. The third-order valence-electron chi connectivity index (χ3n) is 4.08. The maximum atomic E-state index is 12.9. The van der Waals surface area contributed by atoms with Gasteiger partial charge in [0.05, 0.1) is 18.3 Å². The lowest BCUT2D eigenvalue weighted by Crippen LogP contribution is -2.37. The molecule has 0 atom stereocenters. The molecule has 1 aromatic heterocycles. The van der Waals surface area contributed by atoms with Crippen molar-refractivity contribution in [1.82, 2.24) is 15.1 Å². The molecule has 2 aliphatic rings. The van der Waals surface area contributed by atoms with E-state index in [2.05, 4.69) is 10.4 Å². The first kappa shape index (κ1) is 13.8. The van der Waals surface area contributed by atoms with E-state index in [1.807, 2.05) is 10.7 Å². The average molecular weight is 312 g/mol. The molecule has 3 heterocycles. The molecule has 0 spiro atoms. The Hall–Kier alpha value is -2.83. The molecule has 2 aromatic rings. The van der Waals surface area contributed by atoms with E-state index in [0.717, 1.165) is 18.8 Å². The number of hydrogen-bond donors (Lipinski definition) is 1. The molecule has 0 aliphatic carbocycles. The zero-order chi connectivity index (χ0) is 15.8. The highest BCUT2D eigenvalue weighted by atomic mass is 16.5. The van der Waals surface area contributed by atoms with Gasteiger partial charge in [0, 0.05) is 24.7 Å². The standard InChI is InChI=1S/C16H16N4O3/c21-15-12-10-11(2-3-13(12)23-9-6-17-15)16(22)19-7-1-8-20-14(19)4-5-18-20/h2-5,10H,1,6-9H2,(H,17,21). The molecule has 118 valence electrons. The van der Waals surface area contributed by atoms with Gasteiger partial charge in [0.25, 0.3) is 11.8 Å². The summed E-state index contributed by atoms with van der Waals surface area (Å²) in [6, 6.07) is 6.83. The van der Waals surface area contributed by atoms with Crippen LogP contribution in [0.2, 0.25) is 0 Å². The summed E-state index contributed by atoms with van der Waals surface area (Å²) in [5, 5.41) is 6.97. The molecule has 4 rings (SSSR count). The topological polar surface area (TPSA) is 76.5 Å². The van der Waals surface area contributed by atoms with Crippen LogP contribution >= 0.6 is 0 Å². The van der Waals surface area contributed by atoms with Gasteiger partial charge in [-0.25, -0.2) is 4.68 Å². The minimum absolute atomic E-state index is 0.133. The van der Waals surface area contributed by atoms with Gasteiger partial charge >= 0.3 is 0 Å². The minimum atomic E-state index is -0.212. The number of nitrogens with one attached hydrogen (secondary N) is 1. The Kier molecular flexibility index (Phi) is 3.25. The van der Waals surface area contributed by atoms with Gasteiger partial charge in [-0.05, 0) is 24.6 Å². The van der Waals surface area contributed by atoms with Crippen LogP contribution in [0.25, 0.3) is 0 Å². The van der Waals surface area contributed by atoms with Crippen LogP contribution in [0.15, 0.2) is 30.5 Å². The lowest BCUT2D eigenvalue weighted by atomic mass is 10.1. The number of carbonyl (C=O) groups is 2. The lowest BCUT2D eigenvalue weighted by molar-refractivity contribution is 0.0957. The number of hydrogen-bond acceptors (Lipinski definition) is 4. The van der Waals surface area contributed by atoms with Crippen LogP contribution in [0.5, 0.6) is 5.75 Å². The van der Waals surface area contributed by atoms with Crippen LogP contribution in [0.4, 0.5) is 5.82 Å². The van der Waals surface area contributed by atoms with Crippen LogP contribution in [-0.4, -0.2) is 41.3 Å². The van der Waals surface area contributed by atoms with Crippen molar-refractivity contribution in [3.8, 4) is 5.75 Å². The van der Waals surface area contributed by atoms with Crippen molar-refractivity contribution in [1.29, 1.82) is 0 Å². The summed E-state index contributed by atoms with van der Waals surface area (Å²) in [6.45, 7) is 2.34. The molecule has 0 radical (unpaired) electrons. The van der Waals surface area contributed by atoms with Gasteiger partial charge in [0.15, 0.2) is 0 Å². The zero-order valence-electron chi connectivity index (χ0n) is 12.5. The fraction of sp³-hybridized carbons (Fsp3) is 0.312. The number of amides is 2. The molecular weight excluding hydrogens is 296 g/mol. The number of nitrogens with zero attached hydrogens (tertiary/aromatic N) is 3. The van der Waals surface area contributed by atoms with Gasteiger partial charge in [0.1, 0.15) is 18.2 Å². The van der Waals surface area contributed by atoms with Gasteiger partial charge in [0.2, 0.25) is 0 Å². The second-order valence-corrected chi connectivity index (χ2v) is 5.54. The summed E-state index contributed by atoms with van der Waals surface area (Å²) < 4.78 is 7.34. The van der Waals surface area contributed by atoms with Crippen molar-refractivity contribution in [2.75, 3.05) is 24.6 Å². The molecule has 7 heteroatoms. The molecule has 23 heavy (non-hydrogen) atoms. The maximum absolute atomic E-state index is 12.9. The Morgan fingerprint density at radius 1 is 1.26 bits per heavy atom. The quantitative estimate of drug-likeness (QED) is 0.854. The SMILES string of the molecule is O=C1NCCOc2ccc(C(=O)N3CCCn4nccc43)cc21. The zero-order valence-corrected chi connectivity index (χ0v) is 12.5. The number of aromatic nitrogens is 2. The third kappa shape index (κ3) is 2.34. The predicted molar refractivity (Wildman–Crippen MR) is 82.8 cm³/mol. The molecular formula is C16H16N4O3. The van der Waals surface area contributed by atoms with Crippen LogP contribution in [0.1, 0.15) is 27.1 Å². The number of fused-ring (bicyclic) bond motifs is 2. The molecule has 0 saturated carbocycles. The van der Waals surface area contributed by atoms with E-state index in [9.17, 15) is 9.59 Å². The van der Waals surface area contributed by atoms with Gasteiger partial charge in [-0.2, -0.15) is 5.10 Å². The van der Waals surface area contributed by atoms with Crippen molar-refractivity contribution >= 4 is 17.6 Å². The maximum Gasteiger partial charge on any atom is 0.259 e. The first-order chi connectivity index (χ1) is 11.2. The van der Waals surface area contributed by atoms with E-state index >= 15 is 0 Å². The van der Waals surface area contributed by atoms with E-state index in [1.165, 1.54) is 0 Å². The van der Waals surface area contributed by atoms with Gasteiger partial charge in [-0.15, -0.1) is 0 Å². The van der Waals surface area contributed by atoms with Crippen LogP contribution in [-0.2, 0) is 6.54 Å². The molecule has 7 nitrogen and oxygen atoms in total. The highest BCUT2D eigenvalue weighted by Crippen LogP contribution is 2.25. The van der Waals surface area contributed by atoms with Gasteiger partial charge < -0.3 is 10.1 Å². The molecule has 2 aliphatic heterocycles. The molecule has 0 saturated heterocycles. The monoisotopic (exact) mass is 312 g/mol. The molecule has 1 aromatic carbocycles. The molecule has 0 bridgehead atoms. The Bertz CT molecular complexity index is 783. The minimum Gasteiger partial charge on any atom is -0.491 e. The summed E-state index contributed by atoms with van der Waals surface area (Å²) >= 11 is 0. The first-order valence-electron chi connectivity index (χ1n) is 7.63. The van der Waals surface area contributed by atoms with Gasteiger partial charge in [-0.1, -0.05) is 0 Å². The summed E-state index contributed by atoms with van der Waals surface area (Å²) in [4.78, 5) is 26.6. The fourth-order valence-electron chi connectivity index (χ4n) is 2.97. The summed E-state index contributed by atoms with van der Waals surface area (Å²) in [7, 11) is 0. The van der Waals surface area contributed by atoms with Crippen LogP contribution < -0.4 is 15.0 Å². The van der Waals surface area contributed by atoms with Gasteiger partial charge in [-0.3, -0.25) is 14.5 Å². The van der Waals surface area contributed by atoms with Crippen molar-refractivity contribution in [2.24, 2.45) is 0 Å². The summed E-state index contributed by atoms with van der Waals surface area (Å²) in [6.07, 6.45) is 2.55. The number of carbonyl (C=O) groups excluding carboxylic acids is 2. The highest BCUT2D eigenvalue weighted by Gasteiger charge is 2.26. The first-order valence-corrected chi connectivity index (χ1v) is 7.63. The average Bonchev–Trinajstić information content (AvgIpc) is 2.99. The van der Waals surface area contributed by atoms with E-state index in [-0.39, 0.29) is 11.8 Å². The number of aryl methyl sites for hydroxylation is 1. The van der Waals surface area contributed by atoms with Crippen molar-refractivity contribution in [2.45, 2.75) is 13.0 Å². The Balaban J connectivity index is 1.69. The van der Waals surface area contributed by atoms with E-state index in [1.54, 1.807) is 29.3 Å². The largest absolute Gasteiger partial charge is 0.491 e. The van der Waals surface area contributed by atoms with E-state index in [4.69, 9.17) is 4.74 Å². The third-order valence-corrected chi connectivity index (χ3v) is 4.08. The van der Waals surface area contributed by atoms with Crippen molar-refractivity contribution in [3.05, 3.63) is 41.6 Å². The second-order valence-electron chi connectivity index (χ2n) is 5.54. The molecule has 0 fully saturated rings. The number of benzene rings is 1. The number of anilines is 1. The normalized spacial score (nSPS) is 16.7. The van der Waals surface area contributed by atoms with Crippen molar-refractivity contribution in [3.63, 3.8) is 0 Å². The van der Waals surface area contributed by atoms with Crippen LogP contribution in [0.3, 0.4) is 0 Å². The molecule has 2 amide bonds. The lowest BCUT2D eigenvalue weighted by Gasteiger charge is -2.27. The highest BCUT2D eigenvalue weighted by molar-refractivity contribution is 6.08. The fourth-order valence-corrected chi connectivity index (χ4v) is 2.97.